The van der Waals surface area contributed by atoms with E-state index in [0.717, 1.165) is 0 Å². The number of sulfone groups is 1. The zero-order chi connectivity index (χ0) is 16.0. The van der Waals surface area contributed by atoms with Gasteiger partial charge in [-0.2, -0.15) is 0 Å². The Hall–Kier alpha value is -1.89. The van der Waals surface area contributed by atoms with Gasteiger partial charge in [-0.3, -0.25) is 9.59 Å². The van der Waals surface area contributed by atoms with Gasteiger partial charge in [-0.05, 0) is 25.0 Å². The summed E-state index contributed by atoms with van der Waals surface area (Å²) < 4.78 is 28.2. The van der Waals surface area contributed by atoms with Crippen molar-refractivity contribution in [2.75, 3.05) is 12.4 Å². The van der Waals surface area contributed by atoms with Crippen LogP contribution in [0.25, 0.3) is 0 Å². The van der Waals surface area contributed by atoms with Crippen molar-refractivity contribution in [1.29, 1.82) is 0 Å². The van der Waals surface area contributed by atoms with Gasteiger partial charge in [0.15, 0.2) is 9.84 Å². The molecule has 1 rings (SSSR count). The molecule has 1 unspecified atom stereocenters. The topological polar surface area (TPSA) is 97.7 Å². The first-order valence-corrected chi connectivity index (χ1v) is 8.25. The number of carboxylic acids is 1. The van der Waals surface area contributed by atoms with Crippen LogP contribution < -0.4 is 0 Å². The third-order valence-electron chi connectivity index (χ3n) is 2.88. The molecule has 6 nitrogen and oxygen atoms in total. The van der Waals surface area contributed by atoms with Gasteiger partial charge in [-0.1, -0.05) is 24.3 Å². The minimum absolute atomic E-state index is 0.135. The molecule has 0 saturated heterocycles. The molecule has 1 aromatic carbocycles. The average molecular weight is 314 g/mol. The number of hydrogen-bond acceptors (Lipinski definition) is 5. The second-order valence-electron chi connectivity index (χ2n) is 4.64. The monoisotopic (exact) mass is 314 g/mol. The van der Waals surface area contributed by atoms with Gasteiger partial charge in [0.25, 0.3) is 0 Å². The zero-order valence-electron chi connectivity index (χ0n) is 11.9. The van der Waals surface area contributed by atoms with Gasteiger partial charge in [0.1, 0.15) is 5.75 Å². The van der Waals surface area contributed by atoms with Crippen molar-refractivity contribution in [3.63, 3.8) is 0 Å². The molecule has 0 aromatic heterocycles. The summed E-state index contributed by atoms with van der Waals surface area (Å²) in [5.41, 5.74) is 1.09. The summed E-state index contributed by atoms with van der Waals surface area (Å²) in [5, 5.41) is 8.89. The molecule has 0 radical (unpaired) electrons. The summed E-state index contributed by atoms with van der Waals surface area (Å²) in [7, 11) is -3.60. The number of aliphatic carboxylic acids is 1. The summed E-state index contributed by atoms with van der Waals surface area (Å²) in [6, 6.07) is 6.26. The summed E-state index contributed by atoms with van der Waals surface area (Å²) in [6.07, 6.45) is 0. The number of esters is 1. The first-order valence-electron chi connectivity index (χ1n) is 6.43. The molecule has 21 heavy (non-hydrogen) atoms. The van der Waals surface area contributed by atoms with Crippen molar-refractivity contribution in [1.82, 2.24) is 0 Å². The Morgan fingerprint density at radius 1 is 1.24 bits per heavy atom. The number of carboxylic acid groups (broad SMARTS) is 1. The predicted molar refractivity (Wildman–Crippen MR) is 76.6 cm³/mol. The Kier molecular flexibility index (Phi) is 5.90. The second-order valence-corrected chi connectivity index (χ2v) is 6.70. The minimum Gasteiger partial charge on any atom is -0.481 e. The minimum atomic E-state index is -3.60. The number of benzene rings is 1. The van der Waals surface area contributed by atoms with Crippen molar-refractivity contribution in [2.24, 2.45) is 0 Å². The number of carbonyl (C=O) groups excluding carboxylic acids is 1. The van der Waals surface area contributed by atoms with Crippen LogP contribution in [-0.2, 0) is 29.9 Å². The standard InChI is InChI=1S/C14H18O6S/c1-3-20-13(15)9-21(18,19)8-11-4-6-12(7-5-11)10(2)14(16)17/h4-7,10H,3,8-9H2,1-2H3,(H,16,17). The van der Waals surface area contributed by atoms with Crippen LogP contribution in [0.1, 0.15) is 30.9 Å². The molecular formula is C14H18O6S. The van der Waals surface area contributed by atoms with Crippen LogP contribution in [0.5, 0.6) is 0 Å². The highest BCUT2D eigenvalue weighted by atomic mass is 32.2. The molecular weight excluding hydrogens is 296 g/mol. The highest BCUT2D eigenvalue weighted by molar-refractivity contribution is 7.91. The highest BCUT2D eigenvalue weighted by Crippen LogP contribution is 2.17. The van der Waals surface area contributed by atoms with E-state index in [-0.39, 0.29) is 12.4 Å². The zero-order valence-corrected chi connectivity index (χ0v) is 12.7. The molecule has 1 atom stereocenters. The summed E-state index contributed by atoms with van der Waals surface area (Å²) in [6.45, 7) is 3.29. The Labute approximate surface area is 123 Å². The maximum absolute atomic E-state index is 11.8. The maximum Gasteiger partial charge on any atom is 0.321 e. The molecule has 0 aliphatic heterocycles. The van der Waals surface area contributed by atoms with Crippen LogP contribution in [0.2, 0.25) is 0 Å². The first-order chi connectivity index (χ1) is 9.75. The molecule has 0 amide bonds. The molecule has 0 spiro atoms. The Balaban J connectivity index is 2.75. The summed E-state index contributed by atoms with van der Waals surface area (Å²) >= 11 is 0. The summed E-state index contributed by atoms with van der Waals surface area (Å²) in [4.78, 5) is 22.0. The lowest BCUT2D eigenvalue weighted by molar-refractivity contribution is -0.140. The van der Waals surface area contributed by atoms with E-state index in [1.165, 1.54) is 0 Å². The largest absolute Gasteiger partial charge is 0.481 e. The Morgan fingerprint density at radius 3 is 2.29 bits per heavy atom. The van der Waals surface area contributed by atoms with E-state index in [1.807, 2.05) is 0 Å². The molecule has 0 aliphatic rings. The van der Waals surface area contributed by atoms with E-state index in [4.69, 9.17) is 5.11 Å². The van der Waals surface area contributed by atoms with Gasteiger partial charge < -0.3 is 9.84 Å². The molecule has 1 N–H and O–H groups in total. The van der Waals surface area contributed by atoms with Gasteiger partial charge in [-0.25, -0.2) is 8.42 Å². The van der Waals surface area contributed by atoms with Gasteiger partial charge in [0.2, 0.25) is 0 Å². The van der Waals surface area contributed by atoms with E-state index in [0.29, 0.717) is 11.1 Å². The lowest BCUT2D eigenvalue weighted by Gasteiger charge is -2.08. The van der Waals surface area contributed by atoms with Crippen LogP contribution in [-0.4, -0.2) is 37.8 Å². The van der Waals surface area contributed by atoms with Crippen LogP contribution in [0.4, 0.5) is 0 Å². The van der Waals surface area contributed by atoms with Crippen molar-refractivity contribution < 1.29 is 27.9 Å². The molecule has 0 aliphatic carbocycles. The fourth-order valence-electron chi connectivity index (χ4n) is 1.73. The number of ether oxygens (including phenoxy) is 1. The van der Waals surface area contributed by atoms with Gasteiger partial charge in [-0.15, -0.1) is 0 Å². The number of rotatable bonds is 7. The van der Waals surface area contributed by atoms with E-state index in [1.54, 1.807) is 38.1 Å². The second kappa shape index (κ2) is 7.21. The van der Waals surface area contributed by atoms with Crippen molar-refractivity contribution in [3.05, 3.63) is 35.4 Å². The van der Waals surface area contributed by atoms with Gasteiger partial charge >= 0.3 is 11.9 Å². The third kappa shape index (κ3) is 5.55. The molecule has 0 bridgehead atoms. The van der Waals surface area contributed by atoms with Crippen LogP contribution in [0.3, 0.4) is 0 Å². The normalized spacial score (nSPS) is 12.7. The number of hydrogen-bond donors (Lipinski definition) is 1. The Bertz CT molecular complexity index is 603. The third-order valence-corrected chi connectivity index (χ3v) is 4.33. The molecule has 1 aromatic rings. The van der Waals surface area contributed by atoms with Crippen LogP contribution >= 0.6 is 0 Å². The summed E-state index contributed by atoms with van der Waals surface area (Å²) in [5.74, 6) is -3.32. The fraction of sp³-hybridized carbons (Fsp3) is 0.429. The first kappa shape index (κ1) is 17.2. The average Bonchev–Trinajstić information content (AvgIpc) is 2.37. The smallest absolute Gasteiger partial charge is 0.321 e. The predicted octanol–water partition coefficient (Wildman–Crippen LogP) is 1.35. The Morgan fingerprint density at radius 2 is 1.81 bits per heavy atom. The SMILES string of the molecule is CCOC(=O)CS(=O)(=O)Cc1ccc(C(C)C(=O)O)cc1. The van der Waals surface area contributed by atoms with E-state index in [9.17, 15) is 18.0 Å². The van der Waals surface area contributed by atoms with Crippen molar-refractivity contribution in [3.8, 4) is 0 Å². The van der Waals surface area contributed by atoms with Crippen LogP contribution in [0.15, 0.2) is 24.3 Å². The van der Waals surface area contributed by atoms with Gasteiger partial charge in [0, 0.05) is 0 Å². The quantitative estimate of drug-likeness (QED) is 0.763. The van der Waals surface area contributed by atoms with Crippen LogP contribution in [0, 0.1) is 0 Å². The molecule has 7 heteroatoms. The molecule has 0 heterocycles. The highest BCUT2D eigenvalue weighted by Gasteiger charge is 2.19. The van der Waals surface area contributed by atoms with Gasteiger partial charge in [0.05, 0.1) is 18.3 Å². The molecule has 0 fully saturated rings. The van der Waals surface area contributed by atoms with Crippen molar-refractivity contribution >= 4 is 21.8 Å². The van der Waals surface area contributed by atoms with Crippen molar-refractivity contribution in [2.45, 2.75) is 25.5 Å². The fourth-order valence-corrected chi connectivity index (χ4v) is 2.98. The maximum atomic E-state index is 11.8. The molecule has 116 valence electrons. The number of carbonyl (C=O) groups is 2. The van der Waals surface area contributed by atoms with E-state index < -0.39 is 33.4 Å². The van der Waals surface area contributed by atoms with E-state index in [2.05, 4.69) is 4.74 Å². The lowest BCUT2D eigenvalue weighted by Crippen LogP contribution is -2.20. The molecule has 0 saturated carbocycles. The van der Waals surface area contributed by atoms with E-state index >= 15 is 0 Å². The lowest BCUT2D eigenvalue weighted by atomic mass is 10.0.